The highest BCUT2D eigenvalue weighted by molar-refractivity contribution is 5.44. The van der Waals surface area contributed by atoms with E-state index in [1.807, 2.05) is 6.20 Å². The largest absolute Gasteiger partial charge is 0.370 e. The SMILES string of the molecule is Cn1ncc(N2CC[C@@H](CNC3CC(C)(C)CC(C)(C)C3)C2)cc1=O. The first-order valence-corrected chi connectivity index (χ1v) is 9.65. The Labute approximate surface area is 151 Å². The van der Waals surface area contributed by atoms with Crippen molar-refractivity contribution in [1.29, 1.82) is 0 Å². The van der Waals surface area contributed by atoms with Gasteiger partial charge < -0.3 is 10.2 Å². The normalized spacial score (nSPS) is 26.1. The molecule has 1 saturated heterocycles. The Bertz CT molecular complexity index is 648. The van der Waals surface area contributed by atoms with E-state index < -0.39 is 0 Å². The van der Waals surface area contributed by atoms with Crippen molar-refractivity contribution in [3.8, 4) is 0 Å². The molecule has 0 radical (unpaired) electrons. The number of aromatic nitrogens is 2. The van der Waals surface area contributed by atoms with Crippen molar-refractivity contribution in [2.45, 2.75) is 59.4 Å². The fraction of sp³-hybridized carbons (Fsp3) is 0.800. The Hall–Kier alpha value is -1.36. The smallest absolute Gasteiger partial charge is 0.268 e. The summed E-state index contributed by atoms with van der Waals surface area (Å²) in [6, 6.07) is 2.33. The highest BCUT2D eigenvalue weighted by Crippen LogP contribution is 2.45. The minimum Gasteiger partial charge on any atom is -0.370 e. The lowest BCUT2D eigenvalue weighted by atomic mass is 9.63. The van der Waals surface area contributed by atoms with E-state index in [1.165, 1.54) is 30.4 Å². The highest BCUT2D eigenvalue weighted by atomic mass is 16.1. The number of hydrogen-bond donors (Lipinski definition) is 1. The van der Waals surface area contributed by atoms with E-state index in [-0.39, 0.29) is 5.56 Å². The van der Waals surface area contributed by atoms with Gasteiger partial charge in [-0.05, 0) is 49.0 Å². The Kier molecular flexibility index (Phi) is 4.97. The van der Waals surface area contributed by atoms with Crippen molar-refractivity contribution in [1.82, 2.24) is 15.1 Å². The second kappa shape index (κ2) is 6.75. The third-order valence-corrected chi connectivity index (χ3v) is 5.85. The first-order chi connectivity index (χ1) is 11.6. The standard InChI is InChI=1S/C20H34N4O/c1-19(2)9-16(10-20(3,4)14-19)21-11-15-6-7-24(13-15)17-8-18(25)23(5)22-12-17/h8,12,15-16,21H,6-7,9-11,13-14H2,1-5H3/t15-/m0/s1. The summed E-state index contributed by atoms with van der Waals surface area (Å²) in [5.74, 6) is 0.650. The zero-order chi connectivity index (χ0) is 18.2. The van der Waals surface area contributed by atoms with Crippen LogP contribution in [0.2, 0.25) is 0 Å². The van der Waals surface area contributed by atoms with Gasteiger partial charge in [0.05, 0.1) is 11.9 Å². The van der Waals surface area contributed by atoms with Crippen LogP contribution in [0.15, 0.2) is 17.1 Å². The minimum absolute atomic E-state index is 0.0363. The van der Waals surface area contributed by atoms with Crippen molar-refractivity contribution in [3.05, 3.63) is 22.6 Å². The fourth-order valence-corrected chi connectivity index (χ4v) is 5.19. The number of rotatable bonds is 4. The van der Waals surface area contributed by atoms with Gasteiger partial charge >= 0.3 is 0 Å². The number of nitrogens with zero attached hydrogens (tertiary/aromatic N) is 3. The molecule has 0 unspecified atom stereocenters. The summed E-state index contributed by atoms with van der Waals surface area (Å²) >= 11 is 0. The Morgan fingerprint density at radius 3 is 2.56 bits per heavy atom. The molecule has 1 N–H and O–H groups in total. The van der Waals surface area contributed by atoms with Gasteiger partial charge in [0, 0.05) is 32.2 Å². The van der Waals surface area contributed by atoms with Crippen LogP contribution in [0.1, 0.15) is 53.4 Å². The van der Waals surface area contributed by atoms with Gasteiger partial charge in [0.2, 0.25) is 0 Å². The molecule has 0 spiro atoms. The molecule has 0 amide bonds. The van der Waals surface area contributed by atoms with Crippen molar-refractivity contribution in [3.63, 3.8) is 0 Å². The van der Waals surface area contributed by atoms with Gasteiger partial charge in [0.25, 0.3) is 5.56 Å². The summed E-state index contributed by atoms with van der Waals surface area (Å²) in [5, 5.41) is 8.01. The summed E-state index contributed by atoms with van der Waals surface area (Å²) in [7, 11) is 1.69. The summed E-state index contributed by atoms with van der Waals surface area (Å²) in [4.78, 5) is 14.1. The molecule has 2 fully saturated rings. The summed E-state index contributed by atoms with van der Waals surface area (Å²) < 4.78 is 1.38. The second-order valence-electron chi connectivity index (χ2n) is 9.79. The van der Waals surface area contributed by atoms with Crippen molar-refractivity contribution in [2.24, 2.45) is 23.8 Å². The quantitative estimate of drug-likeness (QED) is 0.911. The molecule has 5 nitrogen and oxygen atoms in total. The van der Waals surface area contributed by atoms with E-state index in [4.69, 9.17) is 0 Å². The number of hydrogen-bond acceptors (Lipinski definition) is 4. The molecule has 0 aromatic carbocycles. The molecule has 1 atom stereocenters. The highest BCUT2D eigenvalue weighted by Gasteiger charge is 2.38. The van der Waals surface area contributed by atoms with E-state index in [1.54, 1.807) is 13.1 Å². The molecule has 2 heterocycles. The Balaban J connectivity index is 1.53. The Morgan fingerprint density at radius 1 is 1.24 bits per heavy atom. The van der Waals surface area contributed by atoms with Crippen molar-refractivity contribution in [2.75, 3.05) is 24.5 Å². The van der Waals surface area contributed by atoms with Gasteiger partial charge in [-0.2, -0.15) is 5.10 Å². The predicted octanol–water partition coefficient (Wildman–Crippen LogP) is 2.80. The summed E-state index contributed by atoms with van der Waals surface area (Å²) in [6.07, 6.45) is 6.84. The summed E-state index contributed by atoms with van der Waals surface area (Å²) in [5.41, 5.74) is 1.78. The van der Waals surface area contributed by atoms with Gasteiger partial charge in [-0.1, -0.05) is 27.7 Å². The maximum Gasteiger partial charge on any atom is 0.268 e. The molecule has 1 aromatic heterocycles. The maximum atomic E-state index is 11.8. The lowest BCUT2D eigenvalue weighted by Gasteiger charge is -2.45. The summed E-state index contributed by atoms with van der Waals surface area (Å²) in [6.45, 7) is 12.7. The zero-order valence-electron chi connectivity index (χ0n) is 16.5. The molecule has 2 aliphatic rings. The van der Waals surface area contributed by atoms with Crippen LogP contribution in [0.4, 0.5) is 5.69 Å². The van der Waals surface area contributed by atoms with Crippen LogP contribution in [0, 0.1) is 16.7 Å². The lowest BCUT2D eigenvalue weighted by molar-refractivity contribution is 0.0837. The van der Waals surface area contributed by atoms with Gasteiger partial charge in [0.15, 0.2) is 0 Å². The first kappa shape index (κ1) is 18.4. The van der Waals surface area contributed by atoms with Crippen LogP contribution in [0.5, 0.6) is 0 Å². The van der Waals surface area contributed by atoms with E-state index in [2.05, 4.69) is 43.0 Å². The topological polar surface area (TPSA) is 50.2 Å². The van der Waals surface area contributed by atoms with E-state index in [9.17, 15) is 4.79 Å². The lowest BCUT2D eigenvalue weighted by Crippen LogP contribution is -2.45. The fourth-order valence-electron chi connectivity index (χ4n) is 5.19. The van der Waals surface area contributed by atoms with Crippen molar-refractivity contribution < 1.29 is 0 Å². The van der Waals surface area contributed by atoms with Gasteiger partial charge in [-0.25, -0.2) is 4.68 Å². The van der Waals surface area contributed by atoms with Gasteiger partial charge in [-0.15, -0.1) is 0 Å². The molecule has 140 valence electrons. The Morgan fingerprint density at radius 2 is 1.92 bits per heavy atom. The molecule has 1 aliphatic heterocycles. The molecular weight excluding hydrogens is 312 g/mol. The third kappa shape index (κ3) is 4.63. The zero-order valence-corrected chi connectivity index (χ0v) is 16.5. The molecular formula is C20H34N4O. The molecule has 1 aliphatic carbocycles. The molecule has 1 aromatic rings. The maximum absolute atomic E-state index is 11.8. The molecule has 25 heavy (non-hydrogen) atoms. The number of anilines is 1. The number of aryl methyl sites for hydroxylation is 1. The van der Waals surface area contributed by atoms with E-state index >= 15 is 0 Å². The van der Waals surface area contributed by atoms with Crippen LogP contribution in [-0.2, 0) is 7.05 Å². The molecule has 3 rings (SSSR count). The average molecular weight is 347 g/mol. The minimum atomic E-state index is -0.0363. The van der Waals surface area contributed by atoms with Gasteiger partial charge in [0.1, 0.15) is 0 Å². The van der Waals surface area contributed by atoms with Crippen LogP contribution in [0.3, 0.4) is 0 Å². The second-order valence-corrected chi connectivity index (χ2v) is 9.79. The van der Waals surface area contributed by atoms with Crippen LogP contribution in [0.25, 0.3) is 0 Å². The molecule has 0 bridgehead atoms. The number of nitrogens with one attached hydrogen (secondary N) is 1. The average Bonchev–Trinajstić information content (AvgIpc) is 2.94. The molecule has 1 saturated carbocycles. The van der Waals surface area contributed by atoms with E-state index in [0.717, 1.165) is 25.3 Å². The third-order valence-electron chi connectivity index (χ3n) is 5.85. The monoisotopic (exact) mass is 346 g/mol. The molecule has 5 heteroatoms. The first-order valence-electron chi connectivity index (χ1n) is 9.65. The van der Waals surface area contributed by atoms with Crippen LogP contribution >= 0.6 is 0 Å². The van der Waals surface area contributed by atoms with Gasteiger partial charge in [-0.3, -0.25) is 4.79 Å². The predicted molar refractivity (Wildman–Crippen MR) is 103 cm³/mol. The van der Waals surface area contributed by atoms with Crippen molar-refractivity contribution >= 4 is 5.69 Å². The van der Waals surface area contributed by atoms with Crippen LogP contribution in [-0.4, -0.2) is 35.5 Å². The van der Waals surface area contributed by atoms with Crippen LogP contribution < -0.4 is 15.8 Å². The van der Waals surface area contributed by atoms with E-state index in [0.29, 0.717) is 22.8 Å².